The van der Waals surface area contributed by atoms with Crippen LogP contribution >= 0.6 is 0 Å². The number of benzene rings is 1. The van der Waals surface area contributed by atoms with Gasteiger partial charge in [0.2, 0.25) is 0 Å². The number of carbonyl (C=O) groups is 3. The van der Waals surface area contributed by atoms with Gasteiger partial charge in [-0.25, -0.2) is 4.79 Å². The van der Waals surface area contributed by atoms with Gasteiger partial charge in [-0.1, -0.05) is 38.1 Å². The molecule has 2 fully saturated rings. The maximum absolute atomic E-state index is 14.1. The van der Waals surface area contributed by atoms with E-state index in [1.165, 1.54) is 0 Å². The van der Waals surface area contributed by atoms with Gasteiger partial charge >= 0.3 is 11.9 Å². The average molecular weight is 675 g/mol. The van der Waals surface area contributed by atoms with Crippen molar-refractivity contribution in [2.75, 3.05) is 48.5 Å². The summed E-state index contributed by atoms with van der Waals surface area (Å²) in [5.74, 6) is -3.28. The number of Topliss-reactive ketones (excluding diaryl/α,β-unsaturated/α-hetero) is 1. The predicted octanol–water partition coefficient (Wildman–Crippen LogP) is 4.38. The third kappa shape index (κ3) is 9.73. The minimum Gasteiger partial charge on any atom is -0.463 e. The van der Waals surface area contributed by atoms with Crippen LogP contribution < -0.4 is 0 Å². The first-order valence-corrected chi connectivity index (χ1v) is 17.0. The van der Waals surface area contributed by atoms with Crippen LogP contribution in [0.4, 0.5) is 0 Å². The lowest BCUT2D eigenvalue weighted by Crippen LogP contribution is -2.60. The van der Waals surface area contributed by atoms with Gasteiger partial charge in [0, 0.05) is 26.7 Å². The van der Waals surface area contributed by atoms with Crippen molar-refractivity contribution in [1.82, 2.24) is 9.80 Å². The van der Waals surface area contributed by atoms with E-state index < -0.39 is 47.9 Å². The fourth-order valence-electron chi connectivity index (χ4n) is 7.21. The van der Waals surface area contributed by atoms with Gasteiger partial charge in [-0.05, 0) is 79.2 Å². The first kappa shape index (κ1) is 39.8. The Kier molecular flexibility index (Phi) is 14.8. The predicted molar refractivity (Wildman–Crippen MR) is 182 cm³/mol. The molecule has 0 aromatic heterocycles. The van der Waals surface area contributed by atoms with Crippen LogP contribution in [-0.4, -0.2) is 124 Å². The molecule has 0 spiro atoms. The molecule has 1 aromatic carbocycles. The van der Waals surface area contributed by atoms with Crippen molar-refractivity contribution in [3.8, 4) is 0 Å². The number of methoxy groups -OCH3 is 2. The normalized spacial score (nSPS) is 35.1. The molecule has 11 atom stereocenters. The van der Waals surface area contributed by atoms with Crippen LogP contribution in [0.1, 0.15) is 64.2 Å². The van der Waals surface area contributed by atoms with Crippen LogP contribution in [0, 0.1) is 17.8 Å². The summed E-state index contributed by atoms with van der Waals surface area (Å²) in [5.41, 5.74) is -0.595. The summed E-state index contributed by atoms with van der Waals surface area (Å²) in [4.78, 5) is 45.0. The highest BCUT2D eigenvalue weighted by molar-refractivity contribution is 6.00. The Bertz CT molecular complexity index is 1210. The quantitative estimate of drug-likeness (QED) is 0.200. The van der Waals surface area contributed by atoms with E-state index in [0.717, 1.165) is 0 Å². The molecule has 0 radical (unpaired) electrons. The summed E-state index contributed by atoms with van der Waals surface area (Å²) in [6, 6.07) is 8.29. The molecule has 1 aromatic rings. The largest absolute Gasteiger partial charge is 0.463 e. The molecule has 11 heteroatoms. The number of likely N-dealkylation sites (N-methyl/N-ethyl adjacent to an activating group) is 2. The van der Waals surface area contributed by atoms with E-state index in [9.17, 15) is 14.4 Å². The van der Waals surface area contributed by atoms with E-state index in [-0.39, 0.29) is 42.6 Å². The molecule has 48 heavy (non-hydrogen) atoms. The summed E-state index contributed by atoms with van der Waals surface area (Å²) in [5, 5.41) is 0. The summed E-state index contributed by atoms with van der Waals surface area (Å²) < 4.78 is 37.2. The maximum Gasteiger partial charge on any atom is 0.338 e. The molecule has 11 nitrogen and oxygen atoms in total. The van der Waals surface area contributed by atoms with Crippen molar-refractivity contribution in [3.63, 3.8) is 0 Å². The number of esters is 2. The number of carbonyl (C=O) groups excluding carboxylic acids is 3. The van der Waals surface area contributed by atoms with E-state index >= 15 is 0 Å². The lowest BCUT2D eigenvalue weighted by molar-refractivity contribution is -0.294. The highest BCUT2D eigenvalue weighted by atomic mass is 16.7. The monoisotopic (exact) mass is 674 g/mol. The summed E-state index contributed by atoms with van der Waals surface area (Å²) in [6.07, 6.45) is 0.248. The first-order chi connectivity index (χ1) is 22.7. The second kappa shape index (κ2) is 17.8. The van der Waals surface area contributed by atoms with Crippen LogP contribution in [0.2, 0.25) is 0 Å². The number of rotatable bonds is 10. The maximum atomic E-state index is 14.1. The lowest BCUT2D eigenvalue weighted by Gasteiger charge is -2.47. The molecule has 270 valence electrons. The molecular formula is C37H58N2O9. The molecule has 3 rings (SSSR count). The number of cyclic esters (lactones) is 1. The summed E-state index contributed by atoms with van der Waals surface area (Å²) >= 11 is 0. The number of ketones is 1. The first-order valence-electron chi connectivity index (χ1n) is 17.0. The van der Waals surface area contributed by atoms with Gasteiger partial charge in [0.15, 0.2) is 18.2 Å². The van der Waals surface area contributed by atoms with Crippen LogP contribution in [0.5, 0.6) is 0 Å². The minimum absolute atomic E-state index is 0.0541. The van der Waals surface area contributed by atoms with Crippen LogP contribution in [0.3, 0.4) is 0 Å². The summed E-state index contributed by atoms with van der Waals surface area (Å²) in [6.45, 7) is 13.9. The van der Waals surface area contributed by atoms with Crippen molar-refractivity contribution < 1.29 is 42.8 Å². The minimum atomic E-state index is -1.07. The zero-order valence-electron chi connectivity index (χ0n) is 30.5. The summed E-state index contributed by atoms with van der Waals surface area (Å²) in [7, 11) is 9.06. The average Bonchev–Trinajstić information content (AvgIpc) is 3.06. The van der Waals surface area contributed by atoms with Gasteiger partial charge < -0.3 is 33.3 Å². The topological polar surface area (TPSA) is 113 Å². The van der Waals surface area contributed by atoms with E-state index in [4.69, 9.17) is 28.4 Å². The zero-order valence-corrected chi connectivity index (χ0v) is 30.5. The number of hydrogen-bond acceptors (Lipinski definition) is 11. The Balaban J connectivity index is 2.04. The van der Waals surface area contributed by atoms with E-state index in [1.54, 1.807) is 58.4 Å². The van der Waals surface area contributed by atoms with Crippen molar-refractivity contribution in [1.29, 1.82) is 0 Å². The zero-order chi connectivity index (χ0) is 35.8. The highest BCUT2D eigenvalue weighted by Crippen LogP contribution is 2.37. The van der Waals surface area contributed by atoms with E-state index in [2.05, 4.69) is 18.4 Å². The molecule has 2 heterocycles. The number of hydrogen-bond donors (Lipinski definition) is 0. The van der Waals surface area contributed by atoms with E-state index in [1.807, 2.05) is 46.0 Å². The molecule has 2 aliphatic rings. The smallest absolute Gasteiger partial charge is 0.338 e. The molecule has 0 saturated carbocycles. The van der Waals surface area contributed by atoms with Crippen LogP contribution in [-0.2, 0) is 38.0 Å². The molecule has 2 saturated heterocycles. The van der Waals surface area contributed by atoms with Crippen LogP contribution in [0.25, 0.3) is 0 Å². The highest BCUT2D eigenvalue weighted by Gasteiger charge is 2.50. The second-order valence-corrected chi connectivity index (χ2v) is 14.0. The van der Waals surface area contributed by atoms with Crippen molar-refractivity contribution in [2.45, 2.75) is 102 Å². The Labute approximate surface area is 287 Å². The fraction of sp³-hybridized carbons (Fsp3) is 0.703. The van der Waals surface area contributed by atoms with Crippen molar-refractivity contribution >= 4 is 17.7 Å². The SMILES string of the molecule is C=CC[C@@H](OC)[C@@H]1COC(=O)C(C)C(=O)[C@H](C)[C@@H](O[C@@H]2O[C@H](C)C[C@H](N(C)C)[C@H]2OC(=O)c2ccccc2)[C@](C)(OC)C[C@@H](C)CN1C. The Morgan fingerprint density at radius 2 is 1.81 bits per heavy atom. The second-order valence-electron chi connectivity index (χ2n) is 14.0. The van der Waals surface area contributed by atoms with Gasteiger partial charge in [-0.3, -0.25) is 14.5 Å². The van der Waals surface area contributed by atoms with Crippen molar-refractivity contribution in [2.24, 2.45) is 17.8 Å². The van der Waals surface area contributed by atoms with Crippen LogP contribution in [0.15, 0.2) is 43.0 Å². The molecule has 1 unspecified atom stereocenters. The Morgan fingerprint density at radius 1 is 1.15 bits per heavy atom. The van der Waals surface area contributed by atoms with Gasteiger partial charge in [-0.2, -0.15) is 0 Å². The molecule has 0 amide bonds. The van der Waals surface area contributed by atoms with Gasteiger partial charge in [0.05, 0.1) is 41.6 Å². The Morgan fingerprint density at radius 3 is 2.40 bits per heavy atom. The van der Waals surface area contributed by atoms with Crippen molar-refractivity contribution in [3.05, 3.63) is 48.6 Å². The van der Waals surface area contributed by atoms with Gasteiger partial charge in [0.1, 0.15) is 12.5 Å². The number of ether oxygens (including phenoxy) is 6. The molecule has 0 aliphatic carbocycles. The molecule has 0 N–H and O–H groups in total. The molecule has 2 aliphatic heterocycles. The standard InChI is InChI=1S/C37H58N2O9/c1-12-16-30(43-10)29-22-45-34(41)26(5)31(40)25(4)33(37(6,44-11)20-23(2)21-39(29)9)48-36-32(28(38(7)8)19-24(3)46-36)47-35(42)27-17-14-13-15-18-27/h12-15,17-18,23-26,28-30,32-33,36H,1,16,19-22H2,2-11H3/t23-,24-,25+,26?,28+,29+,30-,32-,33-,36+,37-/m1/s1. The fourth-order valence-corrected chi connectivity index (χ4v) is 7.21. The molecule has 0 bridgehead atoms. The van der Waals surface area contributed by atoms with Gasteiger partial charge in [0.25, 0.3) is 0 Å². The third-order valence-corrected chi connectivity index (χ3v) is 9.98. The lowest BCUT2D eigenvalue weighted by atomic mass is 9.78. The third-order valence-electron chi connectivity index (χ3n) is 9.98. The van der Waals surface area contributed by atoms with E-state index in [0.29, 0.717) is 31.4 Å². The molecular weight excluding hydrogens is 616 g/mol. The Hall–Kier alpha value is -2.67. The number of nitrogens with zero attached hydrogens (tertiary/aromatic N) is 2. The van der Waals surface area contributed by atoms with Gasteiger partial charge in [-0.15, -0.1) is 6.58 Å².